The molecular formula is C24H18FN3O3S. The molecule has 2 aromatic heterocycles. The number of rotatable bonds is 6. The Bertz CT molecular complexity index is 1360. The molecule has 0 radical (unpaired) electrons. The molecule has 0 saturated carbocycles. The minimum atomic E-state index is -0.616. The normalized spacial score (nSPS) is 11.7. The van der Waals surface area contributed by atoms with Crippen LogP contribution in [0.3, 0.4) is 0 Å². The van der Waals surface area contributed by atoms with Gasteiger partial charge in [0, 0.05) is 26.9 Å². The molecule has 4 aromatic rings. The summed E-state index contributed by atoms with van der Waals surface area (Å²) in [6.45, 7) is 1.83. The van der Waals surface area contributed by atoms with E-state index in [-0.39, 0.29) is 17.4 Å². The Labute approximate surface area is 187 Å². The van der Waals surface area contributed by atoms with E-state index in [1.54, 1.807) is 18.2 Å². The van der Waals surface area contributed by atoms with E-state index in [0.29, 0.717) is 5.56 Å². The van der Waals surface area contributed by atoms with Gasteiger partial charge in [-0.2, -0.15) is 9.78 Å². The van der Waals surface area contributed by atoms with Crippen molar-refractivity contribution in [3.05, 3.63) is 105 Å². The van der Waals surface area contributed by atoms with E-state index in [0.717, 1.165) is 26.3 Å². The predicted molar refractivity (Wildman–Crippen MR) is 121 cm³/mol. The van der Waals surface area contributed by atoms with Crippen molar-refractivity contribution in [3.63, 3.8) is 0 Å². The third-order valence-corrected chi connectivity index (χ3v) is 6.17. The summed E-state index contributed by atoms with van der Waals surface area (Å²) in [6, 6.07) is 18.9. The number of carbonyl (C=O) groups excluding carboxylic acids is 2. The summed E-state index contributed by atoms with van der Waals surface area (Å²) in [7, 11) is 0. The van der Waals surface area contributed by atoms with Crippen LogP contribution in [0.5, 0.6) is 0 Å². The maximum atomic E-state index is 14.1. The highest BCUT2D eigenvalue weighted by Crippen LogP contribution is 2.33. The monoisotopic (exact) mass is 447 g/mol. The van der Waals surface area contributed by atoms with Crippen molar-refractivity contribution >= 4 is 23.5 Å². The molecule has 160 valence electrons. The van der Waals surface area contributed by atoms with Crippen LogP contribution in [-0.2, 0) is 0 Å². The zero-order valence-corrected chi connectivity index (χ0v) is 17.8. The fourth-order valence-electron chi connectivity index (χ4n) is 3.22. The van der Waals surface area contributed by atoms with Crippen molar-refractivity contribution in [1.82, 2.24) is 15.1 Å². The molecule has 0 saturated heterocycles. The molecule has 0 spiro atoms. The van der Waals surface area contributed by atoms with Gasteiger partial charge in [-0.05, 0) is 37.3 Å². The second-order valence-electron chi connectivity index (χ2n) is 7.02. The Balaban J connectivity index is 1.56. The number of halogens is 1. The largest absolute Gasteiger partial charge is 0.343 e. The van der Waals surface area contributed by atoms with Crippen LogP contribution >= 0.6 is 11.3 Å². The Morgan fingerprint density at radius 2 is 1.81 bits per heavy atom. The lowest BCUT2D eigenvalue weighted by Gasteiger charge is -2.13. The SMILES string of the molecule is C[C@@H](NC(=O)c1ccc(=O)n(-c2ccccc2F)n1)c1ccc(-c2ccccc2C=O)s1. The number of hydrogen-bond donors (Lipinski definition) is 1. The molecule has 1 atom stereocenters. The third kappa shape index (κ3) is 4.26. The molecular weight excluding hydrogens is 429 g/mol. The van der Waals surface area contributed by atoms with Crippen LogP contribution in [0.4, 0.5) is 4.39 Å². The van der Waals surface area contributed by atoms with Gasteiger partial charge in [0.2, 0.25) is 0 Å². The highest BCUT2D eigenvalue weighted by atomic mass is 32.1. The van der Waals surface area contributed by atoms with E-state index in [9.17, 15) is 18.8 Å². The van der Waals surface area contributed by atoms with Gasteiger partial charge < -0.3 is 5.32 Å². The molecule has 0 fully saturated rings. The van der Waals surface area contributed by atoms with Gasteiger partial charge in [0.1, 0.15) is 17.2 Å². The number of nitrogens with one attached hydrogen (secondary N) is 1. The number of nitrogens with zero attached hydrogens (tertiary/aromatic N) is 2. The van der Waals surface area contributed by atoms with Crippen molar-refractivity contribution in [2.45, 2.75) is 13.0 Å². The van der Waals surface area contributed by atoms with Crippen LogP contribution in [0.1, 0.15) is 38.7 Å². The Morgan fingerprint density at radius 3 is 2.59 bits per heavy atom. The Hall–Kier alpha value is -3.91. The maximum Gasteiger partial charge on any atom is 0.272 e. The highest BCUT2D eigenvalue weighted by Gasteiger charge is 2.17. The van der Waals surface area contributed by atoms with E-state index in [4.69, 9.17) is 0 Å². The number of thiophene rings is 1. The van der Waals surface area contributed by atoms with Crippen LogP contribution in [0.2, 0.25) is 0 Å². The van der Waals surface area contributed by atoms with Gasteiger partial charge in [0.25, 0.3) is 11.5 Å². The molecule has 8 heteroatoms. The quantitative estimate of drug-likeness (QED) is 0.444. The second-order valence-corrected chi connectivity index (χ2v) is 8.14. The number of amides is 1. The zero-order chi connectivity index (χ0) is 22.7. The minimum absolute atomic E-state index is 0.0113. The van der Waals surface area contributed by atoms with Crippen LogP contribution in [-0.4, -0.2) is 22.0 Å². The molecule has 0 aliphatic rings. The van der Waals surface area contributed by atoms with Crippen molar-refractivity contribution in [3.8, 4) is 16.1 Å². The summed E-state index contributed by atoms with van der Waals surface area (Å²) in [5.41, 5.74) is 0.837. The lowest BCUT2D eigenvalue weighted by Crippen LogP contribution is -2.30. The second kappa shape index (κ2) is 9.07. The molecule has 2 heterocycles. The first-order chi connectivity index (χ1) is 15.5. The third-order valence-electron chi connectivity index (χ3n) is 4.87. The summed E-state index contributed by atoms with van der Waals surface area (Å²) < 4.78 is 15.0. The fraction of sp³-hybridized carbons (Fsp3) is 0.0833. The van der Waals surface area contributed by atoms with E-state index in [1.165, 1.54) is 41.7 Å². The van der Waals surface area contributed by atoms with E-state index < -0.39 is 17.3 Å². The first-order valence-electron chi connectivity index (χ1n) is 9.78. The van der Waals surface area contributed by atoms with Gasteiger partial charge >= 0.3 is 0 Å². The molecule has 32 heavy (non-hydrogen) atoms. The van der Waals surface area contributed by atoms with Gasteiger partial charge in [-0.3, -0.25) is 14.4 Å². The number of aromatic nitrogens is 2. The molecule has 4 rings (SSSR count). The van der Waals surface area contributed by atoms with Crippen LogP contribution in [0.25, 0.3) is 16.1 Å². The predicted octanol–water partition coefficient (Wildman–Crippen LogP) is 4.40. The van der Waals surface area contributed by atoms with Gasteiger partial charge in [0.05, 0.1) is 6.04 Å². The molecule has 1 amide bonds. The van der Waals surface area contributed by atoms with Crippen LogP contribution in [0, 0.1) is 5.82 Å². The molecule has 6 nitrogen and oxygen atoms in total. The number of para-hydroxylation sites is 1. The van der Waals surface area contributed by atoms with E-state index in [1.807, 2.05) is 31.2 Å². The summed E-state index contributed by atoms with van der Waals surface area (Å²) in [6.07, 6.45) is 0.816. The van der Waals surface area contributed by atoms with Crippen molar-refractivity contribution < 1.29 is 14.0 Å². The number of carbonyl (C=O) groups is 2. The summed E-state index contributed by atoms with van der Waals surface area (Å²) in [4.78, 5) is 38.0. The number of aldehydes is 1. The Morgan fingerprint density at radius 1 is 1.06 bits per heavy atom. The van der Waals surface area contributed by atoms with Gasteiger partial charge in [-0.15, -0.1) is 11.3 Å². The molecule has 2 aromatic carbocycles. The Kier molecular flexibility index (Phi) is 6.04. The van der Waals surface area contributed by atoms with Crippen molar-refractivity contribution in [2.24, 2.45) is 0 Å². The topological polar surface area (TPSA) is 81.1 Å². The first kappa shape index (κ1) is 21.3. The molecule has 0 aliphatic carbocycles. The van der Waals surface area contributed by atoms with Crippen molar-refractivity contribution in [1.29, 1.82) is 0 Å². The van der Waals surface area contributed by atoms with E-state index >= 15 is 0 Å². The summed E-state index contributed by atoms with van der Waals surface area (Å²) >= 11 is 1.47. The minimum Gasteiger partial charge on any atom is -0.343 e. The summed E-state index contributed by atoms with van der Waals surface area (Å²) in [5.74, 6) is -1.11. The standard InChI is InChI=1S/C24H18FN3O3S/c1-15(21-11-12-22(32-21)17-7-3-2-6-16(17)14-29)26-24(31)19-10-13-23(30)28(27-19)20-9-5-4-8-18(20)25/h2-15H,1H3,(H,26,31)/t15-/m1/s1. The van der Waals surface area contributed by atoms with Gasteiger partial charge in [0.15, 0.2) is 6.29 Å². The van der Waals surface area contributed by atoms with Gasteiger partial charge in [-0.1, -0.05) is 36.4 Å². The van der Waals surface area contributed by atoms with Crippen LogP contribution < -0.4 is 10.9 Å². The first-order valence-corrected chi connectivity index (χ1v) is 10.6. The van der Waals surface area contributed by atoms with Crippen molar-refractivity contribution in [2.75, 3.05) is 0 Å². The lowest BCUT2D eigenvalue weighted by atomic mass is 10.1. The van der Waals surface area contributed by atoms with Crippen LogP contribution in [0.15, 0.2) is 77.6 Å². The number of hydrogen-bond acceptors (Lipinski definition) is 5. The highest BCUT2D eigenvalue weighted by molar-refractivity contribution is 7.15. The molecule has 0 aliphatic heterocycles. The lowest BCUT2D eigenvalue weighted by molar-refractivity contribution is 0.0933. The fourth-order valence-corrected chi connectivity index (χ4v) is 4.28. The van der Waals surface area contributed by atoms with E-state index in [2.05, 4.69) is 10.4 Å². The van der Waals surface area contributed by atoms with Gasteiger partial charge in [-0.25, -0.2) is 4.39 Å². The molecule has 0 bridgehead atoms. The molecule has 0 unspecified atom stereocenters. The number of benzene rings is 2. The smallest absolute Gasteiger partial charge is 0.272 e. The zero-order valence-electron chi connectivity index (χ0n) is 17.0. The summed E-state index contributed by atoms with van der Waals surface area (Å²) in [5, 5.41) is 6.89. The average molecular weight is 447 g/mol. The maximum absolute atomic E-state index is 14.1. The average Bonchev–Trinajstić information content (AvgIpc) is 3.30. The molecule has 1 N–H and O–H groups in total.